The molecular formula is C27H26BrN5O4. The molecule has 2 heterocycles. The van der Waals surface area contributed by atoms with Gasteiger partial charge in [0.2, 0.25) is 11.7 Å². The van der Waals surface area contributed by atoms with Crippen LogP contribution >= 0.6 is 15.9 Å². The Morgan fingerprint density at radius 1 is 1.11 bits per heavy atom. The van der Waals surface area contributed by atoms with Crippen molar-refractivity contribution >= 4 is 38.8 Å². The molecule has 2 aliphatic rings. The maximum absolute atomic E-state index is 13.2. The molecule has 0 radical (unpaired) electrons. The van der Waals surface area contributed by atoms with Gasteiger partial charge in [-0.25, -0.2) is 0 Å². The SMILES string of the molecule is O=C(C1CC1)N(Cc1ccc2oc(-c3ccc(-c4nn[nH]n4)cc3)c(Br)c2c1)CC1(C(=O)O)CCCC1. The molecule has 2 fully saturated rings. The number of carbonyl (C=O) groups excluding carboxylic acids is 1. The van der Waals surface area contributed by atoms with Crippen molar-refractivity contribution in [2.75, 3.05) is 6.54 Å². The summed E-state index contributed by atoms with van der Waals surface area (Å²) in [6.45, 7) is 0.646. The van der Waals surface area contributed by atoms with Crippen molar-refractivity contribution in [3.63, 3.8) is 0 Å². The Hall–Kier alpha value is -3.53. The van der Waals surface area contributed by atoms with E-state index in [-0.39, 0.29) is 18.4 Å². The van der Waals surface area contributed by atoms with Gasteiger partial charge < -0.3 is 14.4 Å². The summed E-state index contributed by atoms with van der Waals surface area (Å²) in [4.78, 5) is 27.2. The van der Waals surface area contributed by atoms with Crippen molar-refractivity contribution in [3.05, 3.63) is 52.5 Å². The summed E-state index contributed by atoms with van der Waals surface area (Å²) >= 11 is 3.72. The van der Waals surface area contributed by atoms with E-state index in [9.17, 15) is 14.7 Å². The monoisotopic (exact) mass is 563 g/mol. The summed E-state index contributed by atoms with van der Waals surface area (Å²) in [7, 11) is 0. The summed E-state index contributed by atoms with van der Waals surface area (Å²) in [6, 6.07) is 13.6. The number of aromatic amines is 1. The number of fused-ring (bicyclic) bond motifs is 1. The van der Waals surface area contributed by atoms with E-state index in [0.717, 1.165) is 57.8 Å². The highest BCUT2D eigenvalue weighted by molar-refractivity contribution is 9.10. The molecule has 2 aromatic carbocycles. The van der Waals surface area contributed by atoms with Crippen LogP contribution in [0.15, 0.2) is 51.4 Å². The molecule has 6 rings (SSSR count). The van der Waals surface area contributed by atoms with Gasteiger partial charge in [0.15, 0.2) is 0 Å². The lowest BCUT2D eigenvalue weighted by molar-refractivity contribution is -0.152. The van der Waals surface area contributed by atoms with Crippen LogP contribution in [0.1, 0.15) is 44.1 Å². The number of hydrogen-bond donors (Lipinski definition) is 2. The van der Waals surface area contributed by atoms with Crippen LogP contribution in [0.3, 0.4) is 0 Å². The second-order valence-corrected chi connectivity index (χ2v) is 10.9. The van der Waals surface area contributed by atoms with E-state index in [1.54, 1.807) is 4.90 Å². The minimum absolute atomic E-state index is 0.0265. The Morgan fingerprint density at radius 3 is 2.49 bits per heavy atom. The summed E-state index contributed by atoms with van der Waals surface area (Å²) in [6.07, 6.45) is 4.80. The summed E-state index contributed by atoms with van der Waals surface area (Å²) in [5, 5.41) is 25.0. The van der Waals surface area contributed by atoms with Gasteiger partial charge in [-0.05, 0) is 64.5 Å². The molecular weight excluding hydrogens is 538 g/mol. The first-order valence-corrected chi connectivity index (χ1v) is 13.3. The molecule has 1 amide bonds. The van der Waals surface area contributed by atoms with Crippen LogP contribution in [-0.4, -0.2) is 49.1 Å². The second kappa shape index (κ2) is 9.41. The van der Waals surface area contributed by atoms with Gasteiger partial charge in [-0.2, -0.15) is 5.21 Å². The van der Waals surface area contributed by atoms with E-state index >= 15 is 0 Å². The number of halogens is 1. The number of rotatable bonds is 8. The zero-order chi connectivity index (χ0) is 25.6. The molecule has 2 saturated carbocycles. The van der Waals surface area contributed by atoms with Crippen LogP contribution in [0.4, 0.5) is 0 Å². The van der Waals surface area contributed by atoms with E-state index in [4.69, 9.17) is 4.42 Å². The van der Waals surface area contributed by atoms with E-state index < -0.39 is 11.4 Å². The fourth-order valence-electron chi connectivity index (χ4n) is 5.33. The van der Waals surface area contributed by atoms with Gasteiger partial charge in [-0.1, -0.05) is 43.2 Å². The topological polar surface area (TPSA) is 125 Å². The number of carboxylic acid groups (broad SMARTS) is 1. The molecule has 0 unspecified atom stereocenters. The normalized spacial score (nSPS) is 16.8. The molecule has 0 saturated heterocycles. The van der Waals surface area contributed by atoms with Crippen LogP contribution in [0, 0.1) is 11.3 Å². The molecule has 2 aliphatic carbocycles. The first kappa shape index (κ1) is 23.8. The molecule has 0 aliphatic heterocycles. The van der Waals surface area contributed by atoms with Gasteiger partial charge in [-0.3, -0.25) is 9.59 Å². The number of furan rings is 1. The van der Waals surface area contributed by atoms with Crippen LogP contribution in [-0.2, 0) is 16.1 Å². The third kappa shape index (κ3) is 4.54. The third-order valence-corrected chi connectivity index (χ3v) is 8.35. The predicted octanol–water partition coefficient (Wildman–Crippen LogP) is 5.43. The number of tetrazole rings is 1. The fourth-order valence-corrected chi connectivity index (χ4v) is 5.95. The van der Waals surface area contributed by atoms with Crippen molar-refractivity contribution in [1.29, 1.82) is 0 Å². The number of carbonyl (C=O) groups is 2. The molecule has 10 heteroatoms. The molecule has 0 bridgehead atoms. The molecule has 9 nitrogen and oxygen atoms in total. The number of hydrogen-bond acceptors (Lipinski definition) is 6. The molecule has 37 heavy (non-hydrogen) atoms. The van der Waals surface area contributed by atoms with Gasteiger partial charge in [0, 0.05) is 35.5 Å². The van der Waals surface area contributed by atoms with Crippen molar-refractivity contribution in [2.45, 2.75) is 45.1 Å². The first-order chi connectivity index (χ1) is 17.9. The van der Waals surface area contributed by atoms with E-state index in [1.165, 1.54) is 0 Å². The zero-order valence-corrected chi connectivity index (χ0v) is 21.7. The lowest BCUT2D eigenvalue weighted by atomic mass is 9.85. The van der Waals surface area contributed by atoms with Gasteiger partial charge in [0.1, 0.15) is 11.3 Å². The number of carboxylic acids is 1. The predicted molar refractivity (Wildman–Crippen MR) is 139 cm³/mol. The zero-order valence-electron chi connectivity index (χ0n) is 20.1. The number of nitrogens with zero attached hydrogens (tertiary/aromatic N) is 4. The van der Waals surface area contributed by atoms with Crippen molar-refractivity contribution < 1.29 is 19.1 Å². The Bertz CT molecular complexity index is 1450. The van der Waals surface area contributed by atoms with E-state index in [0.29, 0.717) is 31.0 Å². The minimum atomic E-state index is -0.842. The Balaban J connectivity index is 1.28. The number of H-pyrrole nitrogens is 1. The maximum atomic E-state index is 13.2. The second-order valence-electron chi connectivity index (χ2n) is 10.1. The summed E-state index contributed by atoms with van der Waals surface area (Å²) in [5.74, 6) is 0.530. The third-order valence-electron chi connectivity index (χ3n) is 7.56. The van der Waals surface area contributed by atoms with Gasteiger partial charge in [0.05, 0.1) is 9.89 Å². The number of nitrogens with one attached hydrogen (secondary N) is 1. The number of aliphatic carboxylic acids is 1. The van der Waals surface area contributed by atoms with Gasteiger partial charge >= 0.3 is 5.97 Å². The molecule has 190 valence electrons. The highest BCUT2D eigenvalue weighted by Crippen LogP contribution is 2.42. The largest absolute Gasteiger partial charge is 0.481 e. The van der Waals surface area contributed by atoms with Gasteiger partial charge in [-0.15, -0.1) is 10.2 Å². The van der Waals surface area contributed by atoms with Crippen LogP contribution in [0.5, 0.6) is 0 Å². The van der Waals surface area contributed by atoms with E-state index in [1.807, 2.05) is 42.5 Å². The Kier molecular flexibility index (Phi) is 6.06. The summed E-state index contributed by atoms with van der Waals surface area (Å²) < 4.78 is 7.00. The first-order valence-electron chi connectivity index (χ1n) is 12.5. The Labute approximate surface area is 221 Å². The molecule has 2 aromatic heterocycles. The van der Waals surface area contributed by atoms with Crippen LogP contribution in [0.2, 0.25) is 0 Å². The molecule has 4 aromatic rings. The van der Waals surface area contributed by atoms with Crippen molar-refractivity contribution in [3.8, 4) is 22.7 Å². The van der Waals surface area contributed by atoms with Gasteiger partial charge in [0.25, 0.3) is 0 Å². The average molecular weight is 564 g/mol. The lowest BCUT2D eigenvalue weighted by Crippen LogP contribution is -2.44. The fraction of sp³-hybridized carbons (Fsp3) is 0.370. The minimum Gasteiger partial charge on any atom is -0.481 e. The number of benzene rings is 2. The maximum Gasteiger partial charge on any atom is 0.311 e. The van der Waals surface area contributed by atoms with Crippen molar-refractivity contribution in [1.82, 2.24) is 25.5 Å². The quantitative estimate of drug-likeness (QED) is 0.293. The summed E-state index contributed by atoms with van der Waals surface area (Å²) in [5.41, 5.74) is 2.57. The van der Waals surface area contributed by atoms with E-state index in [2.05, 4.69) is 36.6 Å². The molecule has 0 atom stereocenters. The molecule has 2 N–H and O–H groups in total. The standard InChI is InChI=1S/C27H26BrN5O4/c28-22-20-13-16(14-33(25(34)19-8-9-19)15-27(26(35)36)11-1-2-12-27)3-10-21(20)37-23(22)17-4-6-18(7-5-17)24-29-31-32-30-24/h3-7,10,13,19H,1-2,8-9,11-12,14-15H2,(H,35,36)(H,29,30,31,32). The average Bonchev–Trinajstić information content (AvgIpc) is 3.27. The van der Waals surface area contributed by atoms with Crippen LogP contribution in [0.25, 0.3) is 33.7 Å². The Morgan fingerprint density at radius 2 is 1.84 bits per heavy atom. The van der Waals surface area contributed by atoms with Crippen molar-refractivity contribution in [2.24, 2.45) is 11.3 Å². The lowest BCUT2D eigenvalue weighted by Gasteiger charge is -2.32. The smallest absolute Gasteiger partial charge is 0.311 e. The number of aromatic nitrogens is 4. The number of amides is 1. The highest BCUT2D eigenvalue weighted by atomic mass is 79.9. The highest BCUT2D eigenvalue weighted by Gasteiger charge is 2.45. The van der Waals surface area contributed by atoms with Crippen LogP contribution < -0.4 is 0 Å². The molecule has 0 spiro atoms.